The normalized spacial score (nSPS) is 6.00. The SMILES string of the molecule is [BH2][Cu][SiH3].[Nb]. The maximum Gasteiger partial charge on any atom is 0 e. The standard InChI is InChI=1S/BH2.Cu.Nb.H3Si/h1H2;;;1H3/q+1;-1;;. The summed E-state index contributed by atoms with van der Waals surface area (Å²) in [5.41, 5.74) is 0. The molecule has 0 saturated heterocycles. The first-order chi connectivity index (χ1) is 1.41. The molecule has 0 heterocycles. The van der Waals surface area contributed by atoms with Crippen LogP contribution in [0, 0.1) is 0 Å². The zero-order valence-electron chi connectivity index (χ0n) is 2.75. The molecule has 0 aliphatic heterocycles. The molecular weight excluding hydrogens is 195 g/mol. The van der Waals surface area contributed by atoms with E-state index in [2.05, 4.69) is 6.66 Å². The van der Waals surface area contributed by atoms with E-state index in [0.717, 1.165) is 0 Å². The molecule has 4 heavy (non-hydrogen) atoms. The van der Waals surface area contributed by atoms with Crippen molar-refractivity contribution in [1.29, 1.82) is 0 Å². The van der Waals surface area contributed by atoms with Gasteiger partial charge in [-0.15, -0.1) is 0 Å². The number of hydrogen-bond donors (Lipinski definition) is 0. The third-order valence-corrected chi connectivity index (χ3v) is 0. The van der Waals surface area contributed by atoms with Crippen LogP contribution in [-0.4, -0.2) is 15.5 Å². The fraction of sp³-hybridized carbons (Fsp3) is 0. The topological polar surface area (TPSA) is 0 Å². The number of rotatable bonds is 0. The molecule has 0 unspecified atom stereocenters. The van der Waals surface area contributed by atoms with Crippen LogP contribution in [0.15, 0.2) is 0 Å². The van der Waals surface area contributed by atoms with Gasteiger partial charge in [0.2, 0.25) is 0 Å². The van der Waals surface area contributed by atoms with Crippen LogP contribution in [0.1, 0.15) is 0 Å². The Morgan fingerprint density at radius 1 is 1.75 bits per heavy atom. The molecule has 0 aliphatic rings. The summed E-state index contributed by atoms with van der Waals surface area (Å²) in [6.07, 6.45) is 0. The van der Waals surface area contributed by atoms with Crippen molar-refractivity contribution in [3.05, 3.63) is 0 Å². The van der Waals surface area contributed by atoms with Crippen molar-refractivity contribution in [3.63, 3.8) is 0 Å². The Hall–Kier alpha value is 1.54. The van der Waals surface area contributed by atoms with E-state index in [9.17, 15) is 0 Å². The van der Waals surface area contributed by atoms with Gasteiger partial charge in [-0.25, -0.2) is 0 Å². The summed E-state index contributed by atoms with van der Waals surface area (Å²) in [6.45, 7) is 2.09. The minimum atomic E-state index is 0. The largest absolute Gasteiger partial charge is 0 e. The molecule has 0 saturated carbocycles. The van der Waals surface area contributed by atoms with E-state index in [1.165, 1.54) is 8.85 Å². The maximum atomic E-state index is 2.09. The minimum Gasteiger partial charge on any atom is 0 e. The van der Waals surface area contributed by atoms with E-state index in [1.54, 1.807) is 0 Å². The van der Waals surface area contributed by atoms with Gasteiger partial charge in [-0.05, 0) is 0 Å². The van der Waals surface area contributed by atoms with Crippen molar-refractivity contribution in [2.75, 3.05) is 0 Å². The van der Waals surface area contributed by atoms with Gasteiger partial charge in [-0.3, -0.25) is 0 Å². The van der Waals surface area contributed by atoms with Crippen molar-refractivity contribution < 1.29 is 36.5 Å². The van der Waals surface area contributed by atoms with E-state index in [0.29, 0.717) is 0 Å². The summed E-state index contributed by atoms with van der Waals surface area (Å²) in [7, 11) is 1.28. The van der Waals surface area contributed by atoms with Gasteiger partial charge in [0.25, 0.3) is 0 Å². The van der Waals surface area contributed by atoms with Crippen molar-refractivity contribution in [3.8, 4) is 0 Å². The molecule has 4 heteroatoms. The molecule has 0 amide bonds. The second-order valence-corrected chi connectivity index (χ2v) is 3.73. The zero-order valence-corrected chi connectivity index (χ0v) is 7.89. The van der Waals surface area contributed by atoms with Gasteiger partial charge in [-0.1, -0.05) is 0 Å². The van der Waals surface area contributed by atoms with Crippen LogP contribution in [0.3, 0.4) is 0 Å². The molecule has 0 nitrogen and oxygen atoms in total. The molecule has 0 aliphatic carbocycles. The molecule has 0 fully saturated rings. The molecule has 0 aromatic carbocycles. The summed E-state index contributed by atoms with van der Waals surface area (Å²) in [5, 5.41) is 0. The van der Waals surface area contributed by atoms with Crippen LogP contribution < -0.4 is 0 Å². The van der Waals surface area contributed by atoms with E-state index < -0.39 is 0 Å². The first kappa shape index (κ1) is 9.11. The van der Waals surface area contributed by atoms with Crippen molar-refractivity contribution in [1.82, 2.24) is 0 Å². The summed E-state index contributed by atoms with van der Waals surface area (Å²) >= 11 is 1.95. The Morgan fingerprint density at radius 3 is 1.75 bits per heavy atom. The molecule has 0 atom stereocenters. The van der Waals surface area contributed by atoms with E-state index in [-0.39, 0.29) is 22.4 Å². The molecule has 28 valence electrons. The van der Waals surface area contributed by atoms with Gasteiger partial charge in [0.15, 0.2) is 0 Å². The zero-order chi connectivity index (χ0) is 2.71. The van der Waals surface area contributed by atoms with Gasteiger partial charge < -0.3 is 0 Å². The first-order valence-electron chi connectivity index (χ1n) is 0.603. The fourth-order valence-corrected chi connectivity index (χ4v) is 0. The Bertz CT molecular complexity index is 8.00. The predicted molar refractivity (Wildman–Crippen MR) is 18.5 cm³/mol. The maximum absolute atomic E-state index is 2.09. The summed E-state index contributed by atoms with van der Waals surface area (Å²) in [5.74, 6) is 0. The average molecular weight is 200 g/mol. The van der Waals surface area contributed by atoms with Crippen molar-refractivity contribution in [2.24, 2.45) is 0 Å². The minimum absolute atomic E-state index is 0. The van der Waals surface area contributed by atoms with Crippen LogP contribution in [0.5, 0.6) is 0 Å². The van der Waals surface area contributed by atoms with Gasteiger partial charge in [0.05, 0.1) is 0 Å². The summed E-state index contributed by atoms with van der Waals surface area (Å²) in [6, 6.07) is 0. The van der Waals surface area contributed by atoms with Gasteiger partial charge >= 0.3 is 29.7 Å². The first-order valence-corrected chi connectivity index (χ1v) is 4.97. The molecule has 0 bridgehead atoms. The van der Waals surface area contributed by atoms with Crippen LogP contribution in [0.25, 0.3) is 0 Å². The molecule has 1 radical (unpaired) electrons. The third kappa shape index (κ3) is 9.63. The monoisotopic (exact) mass is 200 g/mol. The molecular formula is H5BCuNbSi. The number of hydrogen-bond acceptors (Lipinski definition) is 0. The molecule has 0 rings (SSSR count). The second-order valence-electron chi connectivity index (χ2n) is 0.302. The second kappa shape index (κ2) is 8.82. The molecule has 0 spiro atoms. The van der Waals surface area contributed by atoms with Crippen molar-refractivity contribution >= 4 is 15.5 Å². The van der Waals surface area contributed by atoms with E-state index >= 15 is 0 Å². The quantitative estimate of drug-likeness (QED) is 0.393. The third-order valence-electron chi connectivity index (χ3n) is 0. The molecule has 0 aromatic rings. The predicted octanol–water partition coefficient (Wildman–Crippen LogP) is -2.11. The van der Waals surface area contributed by atoms with Crippen LogP contribution in [0.4, 0.5) is 0 Å². The summed E-state index contributed by atoms with van der Waals surface area (Å²) < 4.78 is 0. The average Bonchev–Trinajstić information content (AvgIpc) is 0.918. The van der Waals surface area contributed by atoms with Crippen LogP contribution >= 0.6 is 0 Å². The van der Waals surface area contributed by atoms with Gasteiger partial charge in [-0.2, -0.15) is 0 Å². The Labute approximate surface area is 51.9 Å². The fourth-order valence-electron chi connectivity index (χ4n) is 0. The van der Waals surface area contributed by atoms with Gasteiger partial charge in [0.1, 0.15) is 0 Å². The molecule has 0 aromatic heterocycles. The van der Waals surface area contributed by atoms with Gasteiger partial charge in [0, 0.05) is 22.4 Å². The van der Waals surface area contributed by atoms with Crippen LogP contribution in [0.2, 0.25) is 0 Å². The Balaban J connectivity index is 0. The molecule has 0 N–H and O–H groups in total. The Kier molecular flexibility index (Phi) is 20.1. The van der Waals surface area contributed by atoms with Crippen LogP contribution in [-0.2, 0) is 36.5 Å². The Morgan fingerprint density at radius 2 is 1.75 bits per heavy atom. The summed E-state index contributed by atoms with van der Waals surface area (Å²) in [4.78, 5) is 0. The van der Waals surface area contributed by atoms with E-state index in [4.69, 9.17) is 0 Å². The van der Waals surface area contributed by atoms with Crippen molar-refractivity contribution in [2.45, 2.75) is 0 Å². The smallest absolute Gasteiger partial charge is 0 e. The van der Waals surface area contributed by atoms with E-state index in [1.807, 2.05) is 14.1 Å².